The number of sulfonamides is 1. The van der Waals surface area contributed by atoms with Crippen LogP contribution in [0.4, 0.5) is 0 Å². The molecule has 0 aliphatic heterocycles. The van der Waals surface area contributed by atoms with E-state index in [0.717, 1.165) is 4.88 Å². The number of rotatable bonds is 7. The number of thiophene rings is 1. The molecule has 1 N–H and O–H groups in total. The van der Waals surface area contributed by atoms with E-state index in [1.165, 1.54) is 28.5 Å². The molecular formula is C14H24N2O2S2. The molecule has 20 heavy (non-hydrogen) atoms. The molecule has 114 valence electrons. The summed E-state index contributed by atoms with van der Waals surface area (Å²) in [5.41, 5.74) is 0. The lowest BCUT2D eigenvalue weighted by molar-refractivity contribution is 0.315. The van der Waals surface area contributed by atoms with Crippen molar-refractivity contribution in [2.75, 3.05) is 7.05 Å². The summed E-state index contributed by atoms with van der Waals surface area (Å²) < 4.78 is 27.0. The van der Waals surface area contributed by atoms with E-state index >= 15 is 0 Å². The minimum atomic E-state index is -3.39. The molecule has 1 aromatic rings. The highest BCUT2D eigenvalue weighted by molar-refractivity contribution is 7.89. The van der Waals surface area contributed by atoms with Crippen molar-refractivity contribution < 1.29 is 8.42 Å². The zero-order valence-corrected chi connectivity index (χ0v) is 14.2. The first-order chi connectivity index (χ1) is 9.34. The van der Waals surface area contributed by atoms with Crippen LogP contribution in [0.3, 0.4) is 0 Å². The van der Waals surface area contributed by atoms with E-state index in [1.807, 2.05) is 26.2 Å². The first kappa shape index (κ1) is 15.9. The monoisotopic (exact) mass is 316 g/mol. The standard InChI is InChI=1S/C14H24N2O2S2/c1-10(2)11(3)16(4)20(17,18)14-7-8-19-13(14)9-15-12-5-6-12/h7-8,10-12,15H,5-6,9H2,1-4H3. The van der Waals surface area contributed by atoms with Crippen LogP contribution in [0.5, 0.6) is 0 Å². The number of nitrogens with one attached hydrogen (secondary N) is 1. The van der Waals surface area contributed by atoms with Crippen molar-refractivity contribution in [1.82, 2.24) is 9.62 Å². The highest BCUT2D eigenvalue weighted by Gasteiger charge is 2.30. The SMILES string of the molecule is CC(C)C(C)N(C)S(=O)(=O)c1ccsc1CNC1CC1. The summed E-state index contributed by atoms with van der Waals surface area (Å²) in [5, 5.41) is 5.26. The summed E-state index contributed by atoms with van der Waals surface area (Å²) in [6.45, 7) is 6.69. The molecule has 0 radical (unpaired) electrons. The maximum absolute atomic E-state index is 12.7. The highest BCUT2D eigenvalue weighted by Crippen LogP contribution is 2.28. The number of nitrogens with zero attached hydrogens (tertiary/aromatic N) is 1. The van der Waals surface area contributed by atoms with Gasteiger partial charge in [0.1, 0.15) is 0 Å². The molecule has 1 aromatic heterocycles. The smallest absolute Gasteiger partial charge is 0.244 e. The van der Waals surface area contributed by atoms with Crippen molar-refractivity contribution >= 4 is 21.4 Å². The van der Waals surface area contributed by atoms with Crippen LogP contribution in [-0.4, -0.2) is 31.9 Å². The fraction of sp³-hybridized carbons (Fsp3) is 0.714. The van der Waals surface area contributed by atoms with Gasteiger partial charge < -0.3 is 5.32 Å². The second kappa shape index (κ2) is 6.13. The molecular weight excluding hydrogens is 292 g/mol. The fourth-order valence-corrected chi connectivity index (χ4v) is 4.86. The Morgan fingerprint density at radius 3 is 2.60 bits per heavy atom. The lowest BCUT2D eigenvalue weighted by Crippen LogP contribution is -2.38. The molecule has 0 bridgehead atoms. The van der Waals surface area contributed by atoms with Gasteiger partial charge in [0.2, 0.25) is 10.0 Å². The van der Waals surface area contributed by atoms with Crippen LogP contribution < -0.4 is 5.32 Å². The molecule has 1 aliphatic rings. The largest absolute Gasteiger partial charge is 0.309 e. The summed E-state index contributed by atoms with van der Waals surface area (Å²) >= 11 is 1.52. The maximum atomic E-state index is 12.7. The molecule has 0 spiro atoms. The topological polar surface area (TPSA) is 49.4 Å². The molecule has 1 aliphatic carbocycles. The van der Waals surface area contributed by atoms with Gasteiger partial charge in [-0.3, -0.25) is 0 Å². The van der Waals surface area contributed by atoms with Gasteiger partial charge in [-0.25, -0.2) is 8.42 Å². The average molecular weight is 316 g/mol. The normalized spacial score (nSPS) is 17.9. The Kier molecular flexibility index (Phi) is 4.89. The van der Waals surface area contributed by atoms with Gasteiger partial charge >= 0.3 is 0 Å². The predicted octanol–water partition coefficient (Wildman–Crippen LogP) is 2.67. The summed E-state index contributed by atoms with van der Waals surface area (Å²) in [7, 11) is -1.72. The van der Waals surface area contributed by atoms with E-state index in [9.17, 15) is 8.42 Å². The Labute approximate surface area is 126 Å². The van der Waals surface area contributed by atoms with E-state index in [4.69, 9.17) is 0 Å². The first-order valence-electron chi connectivity index (χ1n) is 7.11. The first-order valence-corrected chi connectivity index (χ1v) is 9.43. The van der Waals surface area contributed by atoms with E-state index in [0.29, 0.717) is 23.4 Å². The Morgan fingerprint density at radius 2 is 2.05 bits per heavy atom. The van der Waals surface area contributed by atoms with Crippen LogP contribution in [0, 0.1) is 5.92 Å². The second-order valence-corrected chi connectivity index (χ2v) is 8.84. The number of hydrogen-bond acceptors (Lipinski definition) is 4. The third-order valence-electron chi connectivity index (χ3n) is 4.03. The molecule has 1 saturated carbocycles. The minimum Gasteiger partial charge on any atom is -0.309 e. The zero-order chi connectivity index (χ0) is 14.9. The molecule has 1 unspecified atom stereocenters. The van der Waals surface area contributed by atoms with Crippen LogP contribution in [0.2, 0.25) is 0 Å². The molecule has 4 nitrogen and oxygen atoms in total. The van der Waals surface area contributed by atoms with Gasteiger partial charge in [0.15, 0.2) is 0 Å². The van der Waals surface area contributed by atoms with Crippen molar-refractivity contribution in [3.63, 3.8) is 0 Å². The van der Waals surface area contributed by atoms with Gasteiger partial charge in [-0.1, -0.05) is 13.8 Å². The van der Waals surface area contributed by atoms with Gasteiger partial charge in [-0.15, -0.1) is 11.3 Å². The fourth-order valence-electron chi connectivity index (χ4n) is 2.01. The Morgan fingerprint density at radius 1 is 1.40 bits per heavy atom. The lowest BCUT2D eigenvalue weighted by Gasteiger charge is -2.27. The van der Waals surface area contributed by atoms with Crippen LogP contribution in [0.15, 0.2) is 16.3 Å². The van der Waals surface area contributed by atoms with Crippen LogP contribution in [0.25, 0.3) is 0 Å². The van der Waals surface area contributed by atoms with Crippen LogP contribution in [0.1, 0.15) is 38.5 Å². The van der Waals surface area contributed by atoms with Crippen molar-refractivity contribution in [2.45, 2.75) is 57.1 Å². The van der Waals surface area contributed by atoms with Gasteiger partial charge in [-0.2, -0.15) is 4.31 Å². The quantitative estimate of drug-likeness (QED) is 0.841. The van der Waals surface area contributed by atoms with Gasteiger partial charge in [0.25, 0.3) is 0 Å². The lowest BCUT2D eigenvalue weighted by atomic mass is 10.1. The Hall–Kier alpha value is -0.430. The number of hydrogen-bond donors (Lipinski definition) is 1. The average Bonchev–Trinajstić information content (AvgIpc) is 3.10. The van der Waals surface area contributed by atoms with Crippen LogP contribution in [-0.2, 0) is 16.6 Å². The summed E-state index contributed by atoms with van der Waals surface area (Å²) in [5.74, 6) is 0.293. The zero-order valence-electron chi connectivity index (χ0n) is 12.6. The molecule has 6 heteroatoms. The summed E-state index contributed by atoms with van der Waals surface area (Å²) in [4.78, 5) is 1.38. The van der Waals surface area contributed by atoms with E-state index in [2.05, 4.69) is 5.32 Å². The Bertz CT molecular complexity index is 547. The highest BCUT2D eigenvalue weighted by atomic mass is 32.2. The third-order valence-corrected chi connectivity index (χ3v) is 7.11. The molecule has 0 amide bonds. The van der Waals surface area contributed by atoms with Gasteiger partial charge in [0, 0.05) is 30.6 Å². The van der Waals surface area contributed by atoms with E-state index in [-0.39, 0.29) is 6.04 Å². The Balaban J connectivity index is 2.18. The van der Waals surface area contributed by atoms with Crippen molar-refractivity contribution in [2.24, 2.45) is 5.92 Å². The second-order valence-electron chi connectivity index (χ2n) is 5.87. The molecule has 0 saturated heterocycles. The maximum Gasteiger partial charge on any atom is 0.244 e. The molecule has 2 rings (SSSR count). The molecule has 0 aromatic carbocycles. The van der Waals surface area contributed by atoms with Gasteiger partial charge in [0.05, 0.1) is 4.90 Å². The van der Waals surface area contributed by atoms with Crippen molar-refractivity contribution in [3.05, 3.63) is 16.3 Å². The van der Waals surface area contributed by atoms with E-state index < -0.39 is 10.0 Å². The molecule has 1 fully saturated rings. The van der Waals surface area contributed by atoms with Gasteiger partial charge in [-0.05, 0) is 37.1 Å². The third kappa shape index (κ3) is 3.42. The summed E-state index contributed by atoms with van der Waals surface area (Å²) in [6, 6.07) is 2.30. The van der Waals surface area contributed by atoms with E-state index in [1.54, 1.807) is 13.1 Å². The minimum absolute atomic E-state index is 0.0101. The predicted molar refractivity (Wildman–Crippen MR) is 83.4 cm³/mol. The molecule has 1 atom stereocenters. The van der Waals surface area contributed by atoms with Crippen LogP contribution >= 0.6 is 11.3 Å². The van der Waals surface area contributed by atoms with Crippen molar-refractivity contribution in [1.29, 1.82) is 0 Å². The summed E-state index contributed by atoms with van der Waals surface area (Å²) in [6.07, 6.45) is 2.41. The van der Waals surface area contributed by atoms with Crippen molar-refractivity contribution in [3.8, 4) is 0 Å². The molecule has 1 heterocycles.